The van der Waals surface area contributed by atoms with Crippen molar-refractivity contribution >= 4 is 27.5 Å². The van der Waals surface area contributed by atoms with Gasteiger partial charge in [0.1, 0.15) is 6.54 Å². The van der Waals surface area contributed by atoms with Gasteiger partial charge in [0.2, 0.25) is 0 Å². The lowest BCUT2D eigenvalue weighted by Crippen LogP contribution is -2.34. The van der Waals surface area contributed by atoms with Gasteiger partial charge in [-0.25, -0.2) is 0 Å². The second-order valence-corrected chi connectivity index (χ2v) is 4.63. The molecule has 0 atom stereocenters. The highest BCUT2D eigenvalue weighted by molar-refractivity contribution is 9.10. The summed E-state index contributed by atoms with van der Waals surface area (Å²) < 4.78 is 37.7. The second kappa shape index (κ2) is 6.14. The van der Waals surface area contributed by atoms with E-state index < -0.39 is 12.7 Å². The van der Waals surface area contributed by atoms with E-state index >= 15 is 0 Å². The van der Waals surface area contributed by atoms with Gasteiger partial charge in [0.25, 0.3) is 0 Å². The summed E-state index contributed by atoms with van der Waals surface area (Å²) in [5, 5.41) is 11.4. The molecule has 0 bridgehead atoms. The number of nitrogens with two attached hydrogens (primary N) is 1. The van der Waals surface area contributed by atoms with Gasteiger partial charge < -0.3 is 15.8 Å². The van der Waals surface area contributed by atoms with Crippen molar-refractivity contribution in [2.24, 2.45) is 10.9 Å². The van der Waals surface area contributed by atoms with E-state index in [1.807, 2.05) is 0 Å². The first kappa shape index (κ1) is 15.6. The molecule has 1 aromatic carbocycles. The third-order valence-electron chi connectivity index (χ3n) is 2.45. The number of hydrogen-bond donors (Lipinski definition) is 2. The zero-order chi connectivity index (χ0) is 14.6. The molecule has 4 nitrogen and oxygen atoms in total. The SMILES string of the molecule is CCN(CC(F)(F)F)c1ccc(/C(N)=N/O)c(Br)c1. The first-order chi connectivity index (χ1) is 8.78. The Morgan fingerprint density at radius 3 is 2.53 bits per heavy atom. The zero-order valence-corrected chi connectivity index (χ0v) is 11.7. The molecule has 0 heterocycles. The number of hydrogen-bond acceptors (Lipinski definition) is 3. The first-order valence-corrected chi connectivity index (χ1v) is 6.17. The molecule has 0 saturated heterocycles. The van der Waals surface area contributed by atoms with Crippen molar-refractivity contribution in [2.45, 2.75) is 13.1 Å². The number of rotatable bonds is 4. The molecule has 0 unspecified atom stereocenters. The third kappa shape index (κ3) is 4.30. The fraction of sp³-hybridized carbons (Fsp3) is 0.364. The van der Waals surface area contributed by atoms with Crippen LogP contribution in [0.3, 0.4) is 0 Å². The Hall–Kier alpha value is -1.44. The van der Waals surface area contributed by atoms with Crippen molar-refractivity contribution in [3.05, 3.63) is 28.2 Å². The number of benzene rings is 1. The van der Waals surface area contributed by atoms with Crippen LogP contribution in [0.1, 0.15) is 12.5 Å². The van der Waals surface area contributed by atoms with Crippen LogP contribution in [-0.2, 0) is 0 Å². The number of amidine groups is 1. The van der Waals surface area contributed by atoms with Crippen molar-refractivity contribution in [2.75, 3.05) is 18.0 Å². The number of alkyl halides is 3. The molecule has 106 valence electrons. The Bertz CT molecular complexity index is 477. The molecule has 0 aromatic heterocycles. The van der Waals surface area contributed by atoms with Crippen molar-refractivity contribution in [3.8, 4) is 0 Å². The highest BCUT2D eigenvalue weighted by Gasteiger charge is 2.30. The van der Waals surface area contributed by atoms with Gasteiger partial charge in [-0.05, 0) is 41.1 Å². The van der Waals surface area contributed by atoms with E-state index in [2.05, 4.69) is 21.1 Å². The molecule has 19 heavy (non-hydrogen) atoms. The maximum absolute atomic E-state index is 12.4. The molecular formula is C11H13BrF3N3O. The molecule has 0 fully saturated rings. The highest BCUT2D eigenvalue weighted by Crippen LogP contribution is 2.26. The average molecular weight is 340 g/mol. The largest absolute Gasteiger partial charge is 0.409 e. The Morgan fingerprint density at radius 1 is 1.47 bits per heavy atom. The smallest absolute Gasteiger partial charge is 0.405 e. The van der Waals surface area contributed by atoms with Gasteiger partial charge >= 0.3 is 6.18 Å². The zero-order valence-electron chi connectivity index (χ0n) is 10.1. The number of halogens is 4. The molecule has 0 amide bonds. The molecule has 0 radical (unpaired) electrons. The maximum atomic E-state index is 12.4. The van der Waals surface area contributed by atoms with Crippen LogP contribution >= 0.6 is 15.9 Å². The maximum Gasteiger partial charge on any atom is 0.405 e. The predicted octanol–water partition coefficient (Wildman–Crippen LogP) is 2.93. The Labute approximate surface area is 116 Å². The van der Waals surface area contributed by atoms with E-state index in [1.165, 1.54) is 23.1 Å². The lowest BCUT2D eigenvalue weighted by atomic mass is 10.2. The molecule has 0 aliphatic heterocycles. The molecule has 8 heteroatoms. The van der Waals surface area contributed by atoms with Crippen LogP contribution < -0.4 is 10.6 Å². The summed E-state index contributed by atoms with van der Waals surface area (Å²) in [4.78, 5) is 1.18. The lowest BCUT2D eigenvalue weighted by Gasteiger charge is -2.25. The Morgan fingerprint density at radius 2 is 2.11 bits per heavy atom. The fourth-order valence-electron chi connectivity index (χ4n) is 1.56. The summed E-state index contributed by atoms with van der Waals surface area (Å²) in [5.41, 5.74) is 6.25. The quantitative estimate of drug-likeness (QED) is 0.383. The fourth-order valence-corrected chi connectivity index (χ4v) is 2.13. The molecule has 0 aliphatic carbocycles. The van der Waals surface area contributed by atoms with E-state index in [0.29, 0.717) is 15.7 Å². The van der Waals surface area contributed by atoms with Crippen molar-refractivity contribution in [3.63, 3.8) is 0 Å². The summed E-state index contributed by atoms with van der Waals surface area (Å²) in [6.45, 7) is 0.824. The minimum absolute atomic E-state index is 0.114. The average Bonchev–Trinajstić information content (AvgIpc) is 2.33. The van der Waals surface area contributed by atoms with Crippen LogP contribution in [0.4, 0.5) is 18.9 Å². The summed E-state index contributed by atoms with van der Waals surface area (Å²) in [6, 6.07) is 4.49. The van der Waals surface area contributed by atoms with Gasteiger partial charge in [-0.2, -0.15) is 13.2 Å². The molecule has 1 aromatic rings. The van der Waals surface area contributed by atoms with Crippen LogP contribution in [-0.4, -0.2) is 30.3 Å². The van der Waals surface area contributed by atoms with Crippen LogP contribution in [0, 0.1) is 0 Å². The van der Waals surface area contributed by atoms with Crippen molar-refractivity contribution in [1.29, 1.82) is 0 Å². The first-order valence-electron chi connectivity index (χ1n) is 5.37. The molecule has 1 rings (SSSR count). The molecule has 3 N–H and O–H groups in total. The second-order valence-electron chi connectivity index (χ2n) is 3.78. The third-order valence-corrected chi connectivity index (χ3v) is 3.11. The highest BCUT2D eigenvalue weighted by atomic mass is 79.9. The molecular weight excluding hydrogens is 327 g/mol. The molecule has 0 aliphatic rings. The summed E-state index contributed by atoms with van der Waals surface area (Å²) in [5.74, 6) is -0.114. The van der Waals surface area contributed by atoms with Crippen LogP contribution in [0.25, 0.3) is 0 Å². The van der Waals surface area contributed by atoms with Gasteiger partial charge in [0.15, 0.2) is 5.84 Å². The Balaban J connectivity index is 3.05. The topological polar surface area (TPSA) is 61.8 Å². The Kier molecular flexibility index (Phi) is 5.04. The van der Waals surface area contributed by atoms with Crippen LogP contribution in [0.15, 0.2) is 27.8 Å². The van der Waals surface area contributed by atoms with Crippen LogP contribution in [0.5, 0.6) is 0 Å². The van der Waals surface area contributed by atoms with E-state index in [-0.39, 0.29) is 12.4 Å². The molecule has 0 saturated carbocycles. The monoisotopic (exact) mass is 339 g/mol. The van der Waals surface area contributed by atoms with Gasteiger partial charge in [0, 0.05) is 22.3 Å². The van der Waals surface area contributed by atoms with Gasteiger partial charge in [-0.15, -0.1) is 0 Å². The molecule has 0 spiro atoms. The van der Waals surface area contributed by atoms with Crippen LogP contribution in [0.2, 0.25) is 0 Å². The van der Waals surface area contributed by atoms with E-state index in [4.69, 9.17) is 10.9 Å². The number of oxime groups is 1. The summed E-state index contributed by atoms with van der Waals surface area (Å²) in [6.07, 6.45) is -4.27. The number of nitrogens with zero attached hydrogens (tertiary/aromatic N) is 2. The number of anilines is 1. The normalized spacial score (nSPS) is 12.6. The summed E-state index contributed by atoms with van der Waals surface area (Å²) >= 11 is 3.19. The minimum Gasteiger partial charge on any atom is -0.409 e. The predicted molar refractivity (Wildman–Crippen MR) is 70.6 cm³/mol. The van der Waals surface area contributed by atoms with E-state index in [0.717, 1.165) is 0 Å². The van der Waals surface area contributed by atoms with E-state index in [9.17, 15) is 13.2 Å². The van der Waals surface area contributed by atoms with E-state index in [1.54, 1.807) is 6.92 Å². The van der Waals surface area contributed by atoms with Crippen molar-refractivity contribution < 1.29 is 18.4 Å². The summed E-state index contributed by atoms with van der Waals surface area (Å²) in [7, 11) is 0. The lowest BCUT2D eigenvalue weighted by molar-refractivity contribution is -0.119. The van der Waals surface area contributed by atoms with Gasteiger partial charge in [0.05, 0.1) is 0 Å². The van der Waals surface area contributed by atoms with Gasteiger partial charge in [-0.1, -0.05) is 5.16 Å². The standard InChI is InChI=1S/C11H13BrF3N3O/c1-2-18(6-11(13,14)15)7-3-4-8(9(12)5-7)10(16)17-19/h3-5,19H,2,6H2,1H3,(H2,16,17). The van der Waals surface area contributed by atoms with Gasteiger partial charge in [-0.3, -0.25) is 0 Å². The minimum atomic E-state index is -4.27. The van der Waals surface area contributed by atoms with Crippen molar-refractivity contribution in [1.82, 2.24) is 0 Å².